The van der Waals surface area contributed by atoms with E-state index in [2.05, 4.69) is 15.4 Å². The Balaban J connectivity index is 2.46. The molecule has 2 amide bonds. The highest BCUT2D eigenvalue weighted by Crippen LogP contribution is 2.14. The molecule has 1 aromatic heterocycles. The molecule has 0 fully saturated rings. The minimum Gasteiger partial charge on any atom is -0.444 e. The lowest BCUT2D eigenvalue weighted by Crippen LogP contribution is -2.43. The molecule has 146 valence electrons. The molecule has 0 bridgehead atoms. The van der Waals surface area contributed by atoms with Crippen molar-refractivity contribution in [3.05, 3.63) is 18.5 Å². The van der Waals surface area contributed by atoms with Gasteiger partial charge in [0.25, 0.3) is 0 Å². The van der Waals surface area contributed by atoms with Crippen LogP contribution in [0.1, 0.15) is 33.6 Å². The van der Waals surface area contributed by atoms with Crippen molar-refractivity contribution in [1.82, 2.24) is 20.4 Å². The van der Waals surface area contributed by atoms with E-state index in [9.17, 15) is 22.8 Å². The summed E-state index contributed by atoms with van der Waals surface area (Å²) in [6.45, 7) is 5.70. The van der Waals surface area contributed by atoms with Crippen molar-refractivity contribution in [1.29, 1.82) is 0 Å². The number of aromatic nitrogens is 2. The van der Waals surface area contributed by atoms with Gasteiger partial charge in [0.05, 0.1) is 0 Å². The lowest BCUT2D eigenvalue weighted by molar-refractivity contribution is -0.171. The molecule has 0 saturated heterocycles. The van der Waals surface area contributed by atoms with E-state index in [1.54, 1.807) is 26.1 Å². The zero-order valence-electron chi connectivity index (χ0n) is 14.8. The van der Waals surface area contributed by atoms with Crippen LogP contribution in [0.2, 0.25) is 0 Å². The summed E-state index contributed by atoms with van der Waals surface area (Å²) in [7, 11) is 0. The molecule has 11 heteroatoms. The third kappa shape index (κ3) is 8.49. The summed E-state index contributed by atoms with van der Waals surface area (Å²) in [6, 6.07) is 1.49. The van der Waals surface area contributed by atoms with Crippen LogP contribution in [-0.2, 0) is 9.53 Å². The first-order valence-corrected chi connectivity index (χ1v) is 7.88. The van der Waals surface area contributed by atoms with Crippen molar-refractivity contribution in [2.45, 2.75) is 45.4 Å². The molecule has 2 N–H and O–H groups in total. The maximum atomic E-state index is 12.4. The van der Waals surface area contributed by atoms with Crippen LogP contribution in [0.25, 0.3) is 0 Å². The lowest BCUT2D eigenvalue weighted by Gasteiger charge is -2.19. The molecule has 0 aliphatic rings. The fourth-order valence-electron chi connectivity index (χ4n) is 1.66. The van der Waals surface area contributed by atoms with E-state index >= 15 is 0 Å². The quantitative estimate of drug-likeness (QED) is 0.466. The van der Waals surface area contributed by atoms with E-state index in [1.807, 2.05) is 0 Å². The molecule has 0 aromatic carbocycles. The highest BCUT2D eigenvalue weighted by Gasteiger charge is 2.39. The van der Waals surface area contributed by atoms with Gasteiger partial charge in [0.2, 0.25) is 5.96 Å². The summed E-state index contributed by atoms with van der Waals surface area (Å²) >= 11 is 0. The van der Waals surface area contributed by atoms with Crippen LogP contribution in [0.5, 0.6) is 0 Å². The Hall–Kier alpha value is -2.59. The van der Waals surface area contributed by atoms with Crippen LogP contribution in [0.4, 0.5) is 18.0 Å². The van der Waals surface area contributed by atoms with Gasteiger partial charge in [0, 0.05) is 25.5 Å². The van der Waals surface area contributed by atoms with Crippen molar-refractivity contribution in [3.8, 4) is 0 Å². The van der Waals surface area contributed by atoms with E-state index in [4.69, 9.17) is 4.74 Å². The average Bonchev–Trinajstić information content (AvgIpc) is 3.00. The van der Waals surface area contributed by atoms with E-state index in [0.717, 1.165) is 4.68 Å². The summed E-state index contributed by atoms with van der Waals surface area (Å²) in [5.74, 6) is -2.45. The highest BCUT2D eigenvalue weighted by molar-refractivity contribution is 5.99. The average molecular weight is 377 g/mol. The number of ether oxygens (including phenoxy) is 1. The topological polar surface area (TPSA) is 97.6 Å². The molecule has 1 heterocycles. The van der Waals surface area contributed by atoms with Gasteiger partial charge in [-0.1, -0.05) is 0 Å². The van der Waals surface area contributed by atoms with Crippen LogP contribution in [0.3, 0.4) is 0 Å². The van der Waals surface area contributed by atoms with Gasteiger partial charge in [0.15, 0.2) is 0 Å². The Morgan fingerprint density at radius 3 is 2.46 bits per heavy atom. The minimum atomic E-state index is -5.02. The molecule has 1 aromatic rings. The third-order valence-electron chi connectivity index (χ3n) is 2.72. The van der Waals surface area contributed by atoms with Gasteiger partial charge in [-0.05, 0) is 39.7 Å². The number of amides is 2. The predicted molar refractivity (Wildman–Crippen MR) is 87.6 cm³/mol. The summed E-state index contributed by atoms with van der Waals surface area (Å²) < 4.78 is 43.2. The fourth-order valence-corrected chi connectivity index (χ4v) is 1.66. The highest BCUT2D eigenvalue weighted by atomic mass is 19.4. The Morgan fingerprint density at radius 1 is 1.23 bits per heavy atom. The smallest absolute Gasteiger partial charge is 0.444 e. The third-order valence-corrected chi connectivity index (χ3v) is 2.72. The zero-order chi connectivity index (χ0) is 19.8. The second-order valence-electron chi connectivity index (χ2n) is 6.24. The van der Waals surface area contributed by atoms with Gasteiger partial charge in [-0.2, -0.15) is 18.3 Å². The number of alkyl carbamates (subject to hydrolysis) is 1. The van der Waals surface area contributed by atoms with E-state index in [1.165, 1.54) is 18.5 Å². The van der Waals surface area contributed by atoms with E-state index in [0.29, 0.717) is 19.4 Å². The molecule has 0 aliphatic carbocycles. The number of rotatable bonds is 5. The summed E-state index contributed by atoms with van der Waals surface area (Å²) in [5.41, 5.74) is -0.594. The van der Waals surface area contributed by atoms with Crippen molar-refractivity contribution in [2.75, 3.05) is 13.1 Å². The second kappa shape index (κ2) is 9.20. The molecule has 0 saturated carbocycles. The Bertz CT molecular complexity index is 621. The molecule has 0 atom stereocenters. The van der Waals surface area contributed by atoms with Gasteiger partial charge < -0.3 is 10.1 Å². The number of carbonyl (C=O) groups is 2. The molecule has 0 aliphatic heterocycles. The summed E-state index contributed by atoms with van der Waals surface area (Å²) in [6.07, 6.45) is -1.86. The number of nitrogens with zero attached hydrogens (tertiary/aromatic N) is 3. The monoisotopic (exact) mass is 377 g/mol. The zero-order valence-corrected chi connectivity index (χ0v) is 14.8. The van der Waals surface area contributed by atoms with Crippen molar-refractivity contribution in [2.24, 2.45) is 4.99 Å². The van der Waals surface area contributed by atoms with Gasteiger partial charge in [-0.15, -0.1) is 0 Å². The number of nitrogens with one attached hydrogen (secondary N) is 2. The fraction of sp³-hybridized carbons (Fsp3) is 0.600. The van der Waals surface area contributed by atoms with Crippen LogP contribution < -0.4 is 10.6 Å². The van der Waals surface area contributed by atoms with Crippen LogP contribution in [0.15, 0.2) is 23.5 Å². The number of halogens is 3. The standard InChI is InChI=1S/C15H22F3N5O3/c1-14(2,3)26-13(25)20-8-5-4-7-19-12(23-10-6-9-21-23)22-11(24)15(16,17)18/h6,9-10H,4-5,7-8H2,1-3H3,(H,20,25)(H,19,22,24). The number of carbonyl (C=O) groups excluding carboxylic acids is 2. The van der Waals surface area contributed by atoms with E-state index < -0.39 is 23.8 Å². The minimum absolute atomic E-state index is 0.142. The first-order valence-electron chi connectivity index (χ1n) is 7.88. The molecule has 8 nitrogen and oxygen atoms in total. The molecule has 1 rings (SSSR count). The van der Waals surface area contributed by atoms with Crippen LogP contribution in [-0.4, -0.2) is 52.6 Å². The first-order chi connectivity index (χ1) is 12.0. The van der Waals surface area contributed by atoms with Gasteiger partial charge in [-0.25, -0.2) is 9.48 Å². The maximum absolute atomic E-state index is 12.4. The Labute approximate surface area is 148 Å². The van der Waals surface area contributed by atoms with Gasteiger partial charge in [-0.3, -0.25) is 15.1 Å². The van der Waals surface area contributed by atoms with Gasteiger partial charge >= 0.3 is 18.2 Å². The number of unbranched alkanes of at least 4 members (excludes halogenated alkanes) is 1. The van der Waals surface area contributed by atoms with Crippen LogP contribution >= 0.6 is 0 Å². The molecular formula is C15H22F3N5O3. The summed E-state index contributed by atoms with van der Waals surface area (Å²) in [5, 5.41) is 8.01. The first kappa shape index (κ1) is 21.5. The number of hydrogen-bond donors (Lipinski definition) is 2. The largest absolute Gasteiger partial charge is 0.471 e. The van der Waals surface area contributed by atoms with Crippen LogP contribution in [0, 0.1) is 0 Å². The van der Waals surface area contributed by atoms with Crippen molar-refractivity contribution in [3.63, 3.8) is 0 Å². The molecule has 0 unspecified atom stereocenters. The van der Waals surface area contributed by atoms with E-state index in [-0.39, 0.29) is 12.5 Å². The maximum Gasteiger partial charge on any atom is 0.471 e. The number of hydrogen-bond acceptors (Lipinski definition) is 5. The molecular weight excluding hydrogens is 355 g/mol. The predicted octanol–water partition coefficient (Wildman–Crippen LogP) is 2.07. The number of aliphatic imine (C=N–C) groups is 1. The second-order valence-corrected chi connectivity index (χ2v) is 6.24. The lowest BCUT2D eigenvalue weighted by atomic mass is 10.2. The Morgan fingerprint density at radius 2 is 1.92 bits per heavy atom. The molecule has 26 heavy (non-hydrogen) atoms. The Kier molecular flexibility index (Phi) is 7.59. The summed E-state index contributed by atoms with van der Waals surface area (Å²) in [4.78, 5) is 26.5. The van der Waals surface area contributed by atoms with Crippen molar-refractivity contribution >= 4 is 18.0 Å². The number of alkyl halides is 3. The normalized spacial score (nSPS) is 12.6. The van der Waals surface area contributed by atoms with Crippen molar-refractivity contribution < 1.29 is 27.5 Å². The van der Waals surface area contributed by atoms with Gasteiger partial charge in [0.1, 0.15) is 5.60 Å². The molecule has 0 radical (unpaired) electrons. The SMILES string of the molecule is CC(C)(C)OC(=O)NCCCCN=C(NC(=O)C(F)(F)F)n1cccn1. The molecule has 0 spiro atoms.